The average Bonchev–Trinajstić information content (AvgIpc) is 2.92. The van der Waals surface area contributed by atoms with Gasteiger partial charge < -0.3 is 9.73 Å². The Morgan fingerprint density at radius 2 is 1.77 bits per heavy atom. The molecule has 3 aromatic rings. The highest BCUT2D eigenvalue weighted by atomic mass is 32.2. The molecular formula is C17H14F2N2O4S. The molecule has 1 heterocycles. The molecule has 1 aromatic heterocycles. The number of halogens is 2. The first-order chi connectivity index (χ1) is 12.2. The van der Waals surface area contributed by atoms with E-state index in [2.05, 4.69) is 5.32 Å². The van der Waals surface area contributed by atoms with Gasteiger partial charge in [-0.05, 0) is 30.3 Å². The van der Waals surface area contributed by atoms with Crippen LogP contribution >= 0.6 is 0 Å². The van der Waals surface area contributed by atoms with Gasteiger partial charge in [-0.25, -0.2) is 17.2 Å². The SMILES string of the molecule is CNC(=O)c1c(-c2ccc(F)cc2)oc2cc(NS(C)(=O)=O)c(F)cc12. The lowest BCUT2D eigenvalue weighted by Crippen LogP contribution is -2.18. The third kappa shape index (κ3) is 3.38. The molecule has 0 bridgehead atoms. The van der Waals surface area contributed by atoms with Crippen molar-refractivity contribution in [2.45, 2.75) is 0 Å². The molecular weight excluding hydrogens is 366 g/mol. The highest BCUT2D eigenvalue weighted by molar-refractivity contribution is 7.92. The van der Waals surface area contributed by atoms with Crippen LogP contribution in [0.5, 0.6) is 0 Å². The second-order valence-corrected chi connectivity index (χ2v) is 7.34. The minimum atomic E-state index is -3.70. The summed E-state index contributed by atoms with van der Waals surface area (Å²) in [7, 11) is -2.29. The van der Waals surface area contributed by atoms with E-state index in [1.54, 1.807) is 0 Å². The van der Waals surface area contributed by atoms with E-state index in [0.717, 1.165) is 18.4 Å². The van der Waals surface area contributed by atoms with E-state index in [1.807, 2.05) is 4.72 Å². The lowest BCUT2D eigenvalue weighted by Gasteiger charge is -2.05. The summed E-state index contributed by atoms with van der Waals surface area (Å²) in [6, 6.07) is 7.42. The largest absolute Gasteiger partial charge is 0.455 e. The fraction of sp³-hybridized carbons (Fsp3) is 0.118. The maximum atomic E-state index is 14.3. The molecule has 6 nitrogen and oxygen atoms in total. The Morgan fingerprint density at radius 3 is 2.35 bits per heavy atom. The highest BCUT2D eigenvalue weighted by Gasteiger charge is 2.23. The van der Waals surface area contributed by atoms with E-state index < -0.39 is 27.6 Å². The Labute approximate surface area is 147 Å². The third-order valence-electron chi connectivity index (χ3n) is 3.63. The van der Waals surface area contributed by atoms with Gasteiger partial charge in [-0.1, -0.05) is 0 Å². The van der Waals surface area contributed by atoms with Crippen molar-refractivity contribution >= 4 is 32.6 Å². The van der Waals surface area contributed by atoms with Crippen LogP contribution in [0, 0.1) is 11.6 Å². The van der Waals surface area contributed by atoms with Gasteiger partial charge >= 0.3 is 0 Å². The zero-order valence-corrected chi connectivity index (χ0v) is 14.6. The highest BCUT2D eigenvalue weighted by Crippen LogP contribution is 2.36. The summed E-state index contributed by atoms with van der Waals surface area (Å²) in [6.45, 7) is 0. The van der Waals surface area contributed by atoms with Crippen LogP contribution in [-0.2, 0) is 10.0 Å². The number of sulfonamides is 1. The van der Waals surface area contributed by atoms with Crippen LogP contribution in [0.4, 0.5) is 14.5 Å². The van der Waals surface area contributed by atoms with Crippen molar-refractivity contribution in [1.82, 2.24) is 5.32 Å². The van der Waals surface area contributed by atoms with Crippen LogP contribution < -0.4 is 10.0 Å². The first kappa shape index (κ1) is 17.9. The van der Waals surface area contributed by atoms with Crippen LogP contribution in [0.3, 0.4) is 0 Å². The molecule has 2 aromatic carbocycles. The summed E-state index contributed by atoms with van der Waals surface area (Å²) in [5, 5.41) is 2.61. The Kier molecular flexibility index (Phi) is 4.41. The number of carbonyl (C=O) groups is 1. The smallest absolute Gasteiger partial charge is 0.255 e. The summed E-state index contributed by atoms with van der Waals surface area (Å²) >= 11 is 0. The van der Waals surface area contributed by atoms with Crippen molar-refractivity contribution in [3.8, 4) is 11.3 Å². The minimum absolute atomic E-state index is 0.0684. The van der Waals surface area contributed by atoms with E-state index >= 15 is 0 Å². The number of rotatable bonds is 4. The van der Waals surface area contributed by atoms with Crippen molar-refractivity contribution in [3.05, 3.63) is 53.6 Å². The van der Waals surface area contributed by atoms with Gasteiger partial charge in [-0.15, -0.1) is 0 Å². The maximum Gasteiger partial charge on any atom is 0.255 e. The number of furan rings is 1. The predicted octanol–water partition coefficient (Wildman–Crippen LogP) is 3.11. The predicted molar refractivity (Wildman–Crippen MR) is 93.4 cm³/mol. The summed E-state index contributed by atoms with van der Waals surface area (Å²) in [6.07, 6.45) is 0.888. The summed E-state index contributed by atoms with van der Waals surface area (Å²) in [4.78, 5) is 12.3. The zero-order chi connectivity index (χ0) is 19.1. The normalized spacial score (nSPS) is 11.5. The van der Waals surface area contributed by atoms with Crippen LogP contribution in [0.2, 0.25) is 0 Å². The summed E-state index contributed by atoms with van der Waals surface area (Å²) in [5.74, 6) is -1.72. The van der Waals surface area contributed by atoms with E-state index in [0.29, 0.717) is 5.56 Å². The molecule has 0 aliphatic carbocycles. The molecule has 0 unspecified atom stereocenters. The lowest BCUT2D eigenvalue weighted by molar-refractivity contribution is 0.0964. The first-order valence-electron chi connectivity index (χ1n) is 7.41. The molecule has 0 aliphatic rings. The van der Waals surface area contributed by atoms with E-state index in [9.17, 15) is 22.0 Å². The second-order valence-electron chi connectivity index (χ2n) is 5.59. The van der Waals surface area contributed by atoms with Gasteiger partial charge in [-0.3, -0.25) is 9.52 Å². The van der Waals surface area contributed by atoms with Crippen LogP contribution in [0.25, 0.3) is 22.3 Å². The Bertz CT molecular complexity index is 1110. The monoisotopic (exact) mass is 380 g/mol. The van der Waals surface area contributed by atoms with Crippen LogP contribution in [0.15, 0.2) is 40.8 Å². The molecule has 0 radical (unpaired) electrons. The average molecular weight is 380 g/mol. The molecule has 0 aliphatic heterocycles. The number of anilines is 1. The molecule has 3 rings (SSSR count). The number of benzene rings is 2. The lowest BCUT2D eigenvalue weighted by atomic mass is 10.0. The summed E-state index contributed by atoms with van der Waals surface area (Å²) < 4.78 is 57.9. The summed E-state index contributed by atoms with van der Waals surface area (Å²) in [5.41, 5.74) is 0.288. The van der Waals surface area contributed by atoms with E-state index in [-0.39, 0.29) is 28.0 Å². The molecule has 0 saturated heterocycles. The van der Waals surface area contributed by atoms with Crippen molar-refractivity contribution in [2.75, 3.05) is 18.0 Å². The van der Waals surface area contributed by atoms with Gasteiger partial charge in [0.1, 0.15) is 23.0 Å². The van der Waals surface area contributed by atoms with E-state index in [1.165, 1.54) is 31.3 Å². The zero-order valence-electron chi connectivity index (χ0n) is 13.8. The molecule has 26 heavy (non-hydrogen) atoms. The van der Waals surface area contributed by atoms with Crippen molar-refractivity contribution < 1.29 is 26.4 Å². The van der Waals surface area contributed by atoms with Crippen molar-refractivity contribution in [2.24, 2.45) is 0 Å². The molecule has 0 saturated carbocycles. The number of hydrogen-bond acceptors (Lipinski definition) is 4. The Morgan fingerprint density at radius 1 is 1.12 bits per heavy atom. The third-order valence-corrected chi connectivity index (χ3v) is 4.22. The number of hydrogen-bond donors (Lipinski definition) is 2. The molecule has 0 fully saturated rings. The standard InChI is InChI=1S/C17H14F2N2O4S/c1-20-17(22)15-11-7-12(19)13(21-26(2,23)24)8-14(11)25-16(15)9-3-5-10(18)6-4-9/h3-8,21H,1-2H3,(H,20,22). The first-order valence-corrected chi connectivity index (χ1v) is 9.30. The fourth-order valence-electron chi connectivity index (χ4n) is 2.55. The van der Waals surface area contributed by atoms with Gasteiger partial charge in [0.25, 0.3) is 5.91 Å². The minimum Gasteiger partial charge on any atom is -0.455 e. The Balaban J connectivity index is 2.27. The number of carbonyl (C=O) groups excluding carboxylic acids is 1. The van der Waals surface area contributed by atoms with Crippen molar-refractivity contribution in [3.63, 3.8) is 0 Å². The van der Waals surface area contributed by atoms with Crippen molar-refractivity contribution in [1.29, 1.82) is 0 Å². The van der Waals surface area contributed by atoms with Crippen LogP contribution in [0.1, 0.15) is 10.4 Å². The van der Waals surface area contributed by atoms with Gasteiger partial charge in [-0.2, -0.15) is 0 Å². The van der Waals surface area contributed by atoms with Gasteiger partial charge in [0.05, 0.1) is 17.5 Å². The van der Waals surface area contributed by atoms with Gasteiger partial charge in [0.15, 0.2) is 0 Å². The molecule has 9 heteroatoms. The molecule has 0 spiro atoms. The maximum absolute atomic E-state index is 14.3. The topological polar surface area (TPSA) is 88.4 Å². The molecule has 2 N–H and O–H groups in total. The molecule has 1 amide bonds. The quantitative estimate of drug-likeness (QED) is 0.728. The Hall–Kier alpha value is -2.94. The molecule has 0 atom stereocenters. The second kappa shape index (κ2) is 6.41. The number of amides is 1. The number of fused-ring (bicyclic) bond motifs is 1. The number of nitrogens with one attached hydrogen (secondary N) is 2. The molecule has 136 valence electrons. The van der Waals surface area contributed by atoms with E-state index in [4.69, 9.17) is 4.42 Å². The fourth-order valence-corrected chi connectivity index (χ4v) is 3.11. The van der Waals surface area contributed by atoms with Gasteiger partial charge in [0.2, 0.25) is 10.0 Å². The van der Waals surface area contributed by atoms with Crippen LogP contribution in [-0.4, -0.2) is 27.6 Å². The van der Waals surface area contributed by atoms with Gasteiger partial charge in [0, 0.05) is 24.1 Å².